The van der Waals surface area contributed by atoms with Gasteiger partial charge in [0.1, 0.15) is 11.6 Å². The minimum atomic E-state index is -0.453. The van der Waals surface area contributed by atoms with Crippen molar-refractivity contribution in [2.45, 2.75) is 44.6 Å². The molecule has 10 heteroatoms. The van der Waals surface area contributed by atoms with Gasteiger partial charge in [-0.2, -0.15) is 5.10 Å². The second-order valence-electron chi connectivity index (χ2n) is 8.70. The summed E-state index contributed by atoms with van der Waals surface area (Å²) in [5.74, 6) is -0.965. The van der Waals surface area contributed by atoms with Gasteiger partial charge < -0.3 is 10.2 Å². The molecule has 2 amide bonds. The molecule has 2 aromatic rings. The Hall–Kier alpha value is -3.14. The molecule has 7 nitrogen and oxygen atoms in total. The van der Waals surface area contributed by atoms with Crippen molar-refractivity contribution in [1.82, 2.24) is 15.2 Å². The zero-order chi connectivity index (χ0) is 23.7. The van der Waals surface area contributed by atoms with E-state index >= 15 is 0 Å². The Morgan fingerprint density at radius 1 is 1.12 bits per heavy atom. The maximum absolute atomic E-state index is 13.4. The molecule has 2 N–H and O–H groups in total. The third-order valence-corrected chi connectivity index (χ3v) is 7.42. The summed E-state index contributed by atoms with van der Waals surface area (Å²) in [5, 5.41) is 7.83. The van der Waals surface area contributed by atoms with E-state index in [1.807, 2.05) is 0 Å². The number of hydrogen-bond donors (Lipinski definition) is 2. The fourth-order valence-electron chi connectivity index (χ4n) is 4.90. The predicted octanol–water partition coefficient (Wildman–Crippen LogP) is 3.70. The van der Waals surface area contributed by atoms with Crippen LogP contribution in [-0.4, -0.2) is 44.9 Å². The Labute approximate surface area is 200 Å². The number of fused-ring (bicyclic) bond motifs is 3. The van der Waals surface area contributed by atoms with Gasteiger partial charge in [-0.3, -0.25) is 19.9 Å². The largest absolute Gasteiger partial charge is 0.325 e. The summed E-state index contributed by atoms with van der Waals surface area (Å²) in [6.45, 7) is 0.337. The van der Waals surface area contributed by atoms with Crippen LogP contribution in [-0.2, 0) is 16.1 Å². The molecule has 2 fully saturated rings. The minimum Gasteiger partial charge on any atom is -0.325 e. The molecular weight excluding hydrogens is 460 g/mol. The third kappa shape index (κ3) is 4.59. The number of carbonyl (C=O) groups excluding carboxylic acids is 2. The summed E-state index contributed by atoms with van der Waals surface area (Å²) in [4.78, 5) is 29.7. The van der Waals surface area contributed by atoms with E-state index in [-0.39, 0.29) is 35.3 Å². The highest BCUT2D eigenvalue weighted by atomic mass is 32.2. The van der Waals surface area contributed by atoms with E-state index < -0.39 is 12.1 Å². The summed E-state index contributed by atoms with van der Waals surface area (Å²) in [6.07, 6.45) is 3.27. The summed E-state index contributed by atoms with van der Waals surface area (Å²) in [6, 6.07) is 11.9. The number of anilines is 1. The molecule has 3 unspecified atom stereocenters. The molecule has 0 bridgehead atoms. The third-order valence-electron chi connectivity index (χ3n) is 6.45. The van der Waals surface area contributed by atoms with Crippen molar-refractivity contribution in [2.75, 3.05) is 11.1 Å². The van der Waals surface area contributed by atoms with E-state index in [9.17, 15) is 18.4 Å². The molecule has 3 atom stereocenters. The van der Waals surface area contributed by atoms with Gasteiger partial charge in [0.25, 0.3) is 0 Å². The number of benzene rings is 2. The van der Waals surface area contributed by atoms with Gasteiger partial charge >= 0.3 is 0 Å². The second-order valence-corrected chi connectivity index (χ2v) is 9.65. The molecule has 0 radical (unpaired) electrons. The van der Waals surface area contributed by atoms with Gasteiger partial charge in [-0.15, -0.1) is 0 Å². The Balaban J connectivity index is 1.30. The van der Waals surface area contributed by atoms with Gasteiger partial charge in [-0.25, -0.2) is 8.78 Å². The molecule has 0 spiro atoms. The molecule has 5 rings (SSSR count). The van der Waals surface area contributed by atoms with E-state index in [2.05, 4.69) is 20.7 Å². The first-order valence-corrected chi connectivity index (χ1v) is 12.3. The molecule has 34 heavy (non-hydrogen) atoms. The van der Waals surface area contributed by atoms with Crippen molar-refractivity contribution < 1.29 is 18.4 Å². The average molecular weight is 486 g/mol. The zero-order valence-electron chi connectivity index (χ0n) is 18.4. The van der Waals surface area contributed by atoms with Crippen LogP contribution >= 0.6 is 11.8 Å². The van der Waals surface area contributed by atoms with Gasteiger partial charge in [0, 0.05) is 18.3 Å². The lowest BCUT2D eigenvalue weighted by atomic mass is 9.81. The number of halogens is 2. The van der Waals surface area contributed by atoms with Crippen molar-refractivity contribution in [2.24, 2.45) is 11.0 Å². The van der Waals surface area contributed by atoms with Crippen molar-refractivity contribution in [3.05, 3.63) is 65.7 Å². The van der Waals surface area contributed by atoms with Gasteiger partial charge in [0.05, 0.1) is 11.7 Å². The molecular formula is C24H25F2N5O2S. The van der Waals surface area contributed by atoms with Crippen molar-refractivity contribution in [1.29, 1.82) is 0 Å². The van der Waals surface area contributed by atoms with Crippen LogP contribution in [0.4, 0.5) is 14.5 Å². The minimum absolute atomic E-state index is 0.0169. The lowest BCUT2D eigenvalue weighted by molar-refractivity contribution is -0.156. The van der Waals surface area contributed by atoms with Crippen LogP contribution in [0.2, 0.25) is 0 Å². The van der Waals surface area contributed by atoms with Crippen LogP contribution in [0.5, 0.6) is 0 Å². The Bertz CT molecular complexity index is 1110. The van der Waals surface area contributed by atoms with Gasteiger partial charge in [0.15, 0.2) is 11.5 Å². The number of nitrogens with one attached hydrogen (secondary N) is 2. The van der Waals surface area contributed by atoms with E-state index in [0.29, 0.717) is 17.4 Å². The first kappa shape index (κ1) is 22.6. The van der Waals surface area contributed by atoms with Gasteiger partial charge in [-0.05, 0) is 48.7 Å². The highest BCUT2D eigenvalue weighted by molar-refractivity contribution is 8.14. The Kier molecular flexibility index (Phi) is 6.40. The zero-order valence-corrected chi connectivity index (χ0v) is 19.2. The Morgan fingerprint density at radius 2 is 1.91 bits per heavy atom. The molecule has 1 aliphatic carbocycles. The maximum atomic E-state index is 13.4. The molecule has 178 valence electrons. The number of thioether (sulfide) groups is 1. The molecule has 2 heterocycles. The van der Waals surface area contributed by atoms with Crippen LogP contribution in [0.1, 0.15) is 31.2 Å². The summed E-state index contributed by atoms with van der Waals surface area (Å²) in [5.41, 5.74) is 4.31. The molecule has 1 saturated carbocycles. The van der Waals surface area contributed by atoms with Crippen LogP contribution in [0.3, 0.4) is 0 Å². The summed E-state index contributed by atoms with van der Waals surface area (Å²) >= 11 is 1.29. The smallest absolute Gasteiger partial charge is 0.234 e. The van der Waals surface area contributed by atoms with E-state index in [4.69, 9.17) is 0 Å². The number of hydrogen-bond acceptors (Lipinski definition) is 6. The number of amides is 2. The second kappa shape index (κ2) is 9.61. The van der Waals surface area contributed by atoms with Crippen LogP contribution in [0.25, 0.3) is 0 Å². The van der Waals surface area contributed by atoms with E-state index in [1.165, 1.54) is 42.1 Å². The van der Waals surface area contributed by atoms with Crippen LogP contribution in [0, 0.1) is 17.6 Å². The molecule has 2 aliphatic heterocycles. The SMILES string of the molecule is O=C(CSC1=NNC2N(Cc3ccc(F)cc3)C(=O)C3CCCCC3N12)Nc1cccc(F)c1. The monoisotopic (exact) mass is 485 g/mol. The number of amidine groups is 1. The standard InChI is InChI=1S/C24H25F2N5O2S/c25-16-10-8-15(9-11-16)13-30-22(33)19-6-1-2-7-20(19)31-23(30)28-29-24(31)34-14-21(32)27-18-5-3-4-17(26)12-18/h3-5,8-12,19-20,23,28H,1-2,6-7,13-14H2,(H,27,32). The lowest BCUT2D eigenvalue weighted by Crippen LogP contribution is -2.66. The summed E-state index contributed by atoms with van der Waals surface area (Å²) < 4.78 is 26.8. The molecule has 3 aliphatic rings. The fourth-order valence-corrected chi connectivity index (χ4v) is 5.73. The topological polar surface area (TPSA) is 77.0 Å². The van der Waals surface area contributed by atoms with Crippen molar-refractivity contribution in [3.63, 3.8) is 0 Å². The van der Waals surface area contributed by atoms with Gasteiger partial charge in [-0.1, -0.05) is 42.8 Å². The quantitative estimate of drug-likeness (QED) is 0.676. The lowest BCUT2D eigenvalue weighted by Gasteiger charge is -2.50. The first-order valence-electron chi connectivity index (χ1n) is 11.3. The molecule has 1 saturated heterocycles. The highest BCUT2D eigenvalue weighted by Gasteiger charge is 2.51. The molecule has 0 aromatic heterocycles. The highest BCUT2D eigenvalue weighted by Crippen LogP contribution is 2.39. The normalized spacial score (nSPS) is 23.6. The van der Waals surface area contributed by atoms with Crippen molar-refractivity contribution in [3.8, 4) is 0 Å². The van der Waals surface area contributed by atoms with Crippen LogP contribution in [0.15, 0.2) is 53.6 Å². The average Bonchev–Trinajstić information content (AvgIpc) is 3.26. The number of rotatable bonds is 5. The number of carbonyl (C=O) groups is 2. The Morgan fingerprint density at radius 3 is 2.71 bits per heavy atom. The maximum Gasteiger partial charge on any atom is 0.234 e. The number of nitrogens with zero attached hydrogens (tertiary/aromatic N) is 3. The fraction of sp³-hybridized carbons (Fsp3) is 0.375. The van der Waals surface area contributed by atoms with Crippen molar-refractivity contribution >= 4 is 34.4 Å². The van der Waals surface area contributed by atoms with E-state index in [0.717, 1.165) is 31.2 Å². The van der Waals surface area contributed by atoms with Gasteiger partial charge in [0.2, 0.25) is 11.8 Å². The molecule has 2 aromatic carbocycles. The summed E-state index contributed by atoms with van der Waals surface area (Å²) in [7, 11) is 0. The number of hydrazone groups is 1. The van der Waals surface area contributed by atoms with Crippen LogP contribution < -0.4 is 10.7 Å². The predicted molar refractivity (Wildman–Crippen MR) is 126 cm³/mol. The first-order chi connectivity index (χ1) is 16.5. The van der Waals surface area contributed by atoms with E-state index in [1.54, 1.807) is 23.1 Å².